The molecule has 0 N–H and O–H groups in total. The van der Waals surface area contributed by atoms with Gasteiger partial charge in [0.2, 0.25) is 0 Å². The predicted molar refractivity (Wildman–Crippen MR) is 117 cm³/mol. The lowest BCUT2D eigenvalue weighted by Crippen LogP contribution is -1.99. The third-order valence-electron chi connectivity index (χ3n) is 4.58. The van der Waals surface area contributed by atoms with E-state index in [2.05, 4.69) is 10.5 Å². The van der Waals surface area contributed by atoms with Gasteiger partial charge in [-0.1, -0.05) is 35.6 Å². The highest BCUT2D eigenvalue weighted by atomic mass is 32.1. The minimum Gasteiger partial charge on any atom is -0.497 e. The third-order valence-corrected chi connectivity index (χ3v) is 7.67. The van der Waals surface area contributed by atoms with Gasteiger partial charge in [-0.05, 0) is 31.5 Å². The Labute approximate surface area is 173 Å². The van der Waals surface area contributed by atoms with Crippen LogP contribution in [0, 0.1) is 0 Å². The monoisotopic (exact) mass is 430 g/mol. The van der Waals surface area contributed by atoms with Crippen molar-refractivity contribution in [1.82, 2.24) is 9.38 Å². The fourth-order valence-corrected chi connectivity index (χ4v) is 5.96. The number of hydrogen-bond acceptors (Lipinski definition) is 6. The first-order valence-corrected chi connectivity index (χ1v) is 12.0. The summed E-state index contributed by atoms with van der Waals surface area (Å²) < 4.78 is 32.1. The van der Waals surface area contributed by atoms with Gasteiger partial charge in [0.25, 0.3) is 0 Å². The van der Waals surface area contributed by atoms with Gasteiger partial charge in [-0.2, -0.15) is 0 Å². The normalized spacial score (nSPS) is 12.1. The minimum atomic E-state index is -3.11. The topological polar surface area (TPSA) is 62.1 Å². The average molecular weight is 430 g/mol. The molecule has 0 amide bonds. The second kappa shape index (κ2) is 8.28. The van der Waals surface area contributed by atoms with Crippen molar-refractivity contribution in [1.29, 1.82) is 0 Å². The number of ether oxygens (including phenoxy) is 1. The summed E-state index contributed by atoms with van der Waals surface area (Å²) >= 11 is 1.64. The molecule has 29 heavy (non-hydrogen) atoms. The number of rotatable bonds is 8. The molecule has 4 rings (SSSR count). The second-order valence-corrected chi connectivity index (χ2v) is 9.58. The summed E-state index contributed by atoms with van der Waals surface area (Å²) in [6, 6.07) is 13.9. The van der Waals surface area contributed by atoms with Crippen LogP contribution in [-0.4, -0.2) is 29.7 Å². The van der Waals surface area contributed by atoms with Gasteiger partial charge in [-0.3, -0.25) is 8.97 Å². The number of fused-ring (bicyclic) bond motifs is 3. The maximum atomic E-state index is 12.7. The Balaban J connectivity index is 1.61. The molecule has 0 unspecified atom stereocenters. The van der Waals surface area contributed by atoms with Crippen LogP contribution >= 0.6 is 18.9 Å². The van der Waals surface area contributed by atoms with E-state index in [0.29, 0.717) is 13.2 Å². The molecule has 0 saturated carbocycles. The van der Waals surface area contributed by atoms with E-state index in [-0.39, 0.29) is 6.16 Å². The molecule has 6 nitrogen and oxygen atoms in total. The number of benzene rings is 2. The highest BCUT2D eigenvalue weighted by molar-refractivity contribution is 7.53. The molecule has 0 bridgehead atoms. The van der Waals surface area contributed by atoms with Crippen LogP contribution in [0.2, 0.25) is 0 Å². The number of methoxy groups -OCH3 is 1. The molecule has 152 valence electrons. The van der Waals surface area contributed by atoms with Crippen molar-refractivity contribution in [2.24, 2.45) is 0 Å². The van der Waals surface area contributed by atoms with E-state index in [9.17, 15) is 4.57 Å². The highest BCUT2D eigenvalue weighted by Gasteiger charge is 2.24. The van der Waals surface area contributed by atoms with E-state index >= 15 is 0 Å². The van der Waals surface area contributed by atoms with Crippen LogP contribution in [0.5, 0.6) is 5.75 Å². The second-order valence-electron chi connectivity index (χ2n) is 6.52. The molecule has 0 aliphatic heterocycles. The lowest BCUT2D eigenvalue weighted by Gasteiger charge is -2.17. The summed E-state index contributed by atoms with van der Waals surface area (Å²) in [5.41, 5.74) is 3.89. The first-order chi connectivity index (χ1) is 14.0. The Kier molecular flexibility index (Phi) is 5.74. The van der Waals surface area contributed by atoms with Gasteiger partial charge in [0.1, 0.15) is 5.75 Å². The lowest BCUT2D eigenvalue weighted by molar-refractivity contribution is 0.219. The van der Waals surface area contributed by atoms with Crippen molar-refractivity contribution in [3.63, 3.8) is 0 Å². The van der Waals surface area contributed by atoms with Crippen LogP contribution in [0.15, 0.2) is 48.7 Å². The predicted octanol–water partition coefficient (Wildman–Crippen LogP) is 5.99. The number of hydrogen-bond donors (Lipinski definition) is 0. The average Bonchev–Trinajstić information content (AvgIpc) is 3.26. The zero-order chi connectivity index (χ0) is 20.4. The van der Waals surface area contributed by atoms with E-state index in [4.69, 9.17) is 18.8 Å². The smallest absolute Gasteiger partial charge is 0.335 e. The molecular formula is C21H23N2O4PS. The van der Waals surface area contributed by atoms with Crippen LogP contribution in [-0.2, 0) is 19.8 Å². The molecule has 2 heterocycles. The van der Waals surface area contributed by atoms with Gasteiger partial charge < -0.3 is 13.8 Å². The third kappa shape index (κ3) is 4.09. The minimum absolute atomic E-state index is 0.262. The van der Waals surface area contributed by atoms with Crippen LogP contribution in [0.25, 0.3) is 26.4 Å². The summed E-state index contributed by atoms with van der Waals surface area (Å²) in [6.45, 7) is 4.36. The summed E-state index contributed by atoms with van der Waals surface area (Å²) in [5, 5.41) is 0. The molecule has 8 heteroatoms. The van der Waals surface area contributed by atoms with E-state index in [1.165, 1.54) is 0 Å². The van der Waals surface area contributed by atoms with E-state index < -0.39 is 7.60 Å². The Morgan fingerprint density at radius 2 is 1.79 bits per heavy atom. The number of nitrogens with zero attached hydrogens (tertiary/aromatic N) is 2. The zero-order valence-corrected chi connectivity index (χ0v) is 18.3. The standard InChI is InChI=1S/C21H23N2O4PS/c1-4-26-28(24,27-5-2)14-15-6-8-16(9-7-15)18-13-23-19-12-17(25-3)10-11-20(19)29-21(23)22-18/h6-13H,4-5,14H2,1-3H3. The van der Waals surface area contributed by atoms with E-state index in [1.54, 1.807) is 18.4 Å². The molecule has 0 radical (unpaired) electrons. The van der Waals surface area contributed by atoms with Crippen molar-refractivity contribution >= 4 is 34.1 Å². The summed E-state index contributed by atoms with van der Waals surface area (Å²) in [5.74, 6) is 0.824. The van der Waals surface area contributed by atoms with Crippen molar-refractivity contribution in [2.75, 3.05) is 20.3 Å². The fourth-order valence-electron chi connectivity index (χ4n) is 3.27. The molecule has 2 aromatic carbocycles. The number of thiazole rings is 1. The highest BCUT2D eigenvalue weighted by Crippen LogP contribution is 2.51. The van der Waals surface area contributed by atoms with Gasteiger partial charge in [0.05, 0.1) is 42.4 Å². The molecule has 0 spiro atoms. The molecule has 0 saturated heterocycles. The Hall–Kier alpha value is -2.18. The Morgan fingerprint density at radius 3 is 2.45 bits per heavy atom. The maximum absolute atomic E-state index is 12.7. The van der Waals surface area contributed by atoms with Gasteiger partial charge in [-0.15, -0.1) is 0 Å². The molecule has 0 aliphatic rings. The number of aromatic nitrogens is 2. The summed E-state index contributed by atoms with van der Waals surface area (Å²) in [6.07, 6.45) is 2.30. The van der Waals surface area contributed by atoms with Crippen molar-refractivity contribution in [3.05, 3.63) is 54.2 Å². The first-order valence-electron chi connectivity index (χ1n) is 9.48. The zero-order valence-electron chi connectivity index (χ0n) is 16.6. The van der Waals surface area contributed by atoms with Gasteiger partial charge in [-0.25, -0.2) is 4.98 Å². The van der Waals surface area contributed by atoms with Crippen molar-refractivity contribution in [2.45, 2.75) is 20.0 Å². The van der Waals surface area contributed by atoms with Crippen LogP contribution in [0.4, 0.5) is 0 Å². The Bertz CT molecular complexity index is 1170. The van der Waals surface area contributed by atoms with Crippen LogP contribution in [0.1, 0.15) is 19.4 Å². The molecular weight excluding hydrogens is 407 g/mol. The molecule has 2 aromatic heterocycles. The van der Waals surface area contributed by atoms with Crippen LogP contribution in [0.3, 0.4) is 0 Å². The van der Waals surface area contributed by atoms with Crippen LogP contribution < -0.4 is 4.74 Å². The SMILES string of the molecule is CCOP(=O)(Cc1ccc(-c2cn3c(n2)sc2ccc(OC)cc23)cc1)OCC. The van der Waals surface area contributed by atoms with E-state index in [0.717, 1.165) is 37.7 Å². The lowest BCUT2D eigenvalue weighted by atomic mass is 10.1. The van der Waals surface area contributed by atoms with Gasteiger partial charge in [0.15, 0.2) is 4.96 Å². The molecule has 0 fully saturated rings. The fraction of sp³-hybridized carbons (Fsp3) is 0.286. The van der Waals surface area contributed by atoms with Gasteiger partial charge in [0, 0.05) is 17.8 Å². The van der Waals surface area contributed by atoms with E-state index in [1.807, 2.05) is 56.4 Å². The van der Waals surface area contributed by atoms with Crippen molar-refractivity contribution < 1.29 is 18.3 Å². The quantitative estimate of drug-likeness (QED) is 0.321. The molecule has 0 atom stereocenters. The summed E-state index contributed by atoms with van der Waals surface area (Å²) in [4.78, 5) is 5.71. The molecule has 4 aromatic rings. The first kappa shape index (κ1) is 20.1. The summed E-state index contributed by atoms with van der Waals surface area (Å²) in [7, 11) is -1.44. The number of imidazole rings is 1. The Morgan fingerprint density at radius 1 is 1.07 bits per heavy atom. The molecule has 0 aliphatic carbocycles. The largest absolute Gasteiger partial charge is 0.497 e. The van der Waals surface area contributed by atoms with Crippen molar-refractivity contribution in [3.8, 4) is 17.0 Å². The van der Waals surface area contributed by atoms with Gasteiger partial charge >= 0.3 is 7.60 Å². The maximum Gasteiger partial charge on any atom is 0.335 e.